The molecule has 5 rings (SSSR count). The Morgan fingerprint density at radius 2 is 2.06 bits per heavy atom. The van der Waals surface area contributed by atoms with Crippen LogP contribution < -0.4 is 5.32 Å². The fourth-order valence-corrected chi connectivity index (χ4v) is 4.97. The van der Waals surface area contributed by atoms with Crippen LogP contribution in [-0.2, 0) is 16.1 Å². The third-order valence-corrected chi connectivity index (χ3v) is 7.02. The van der Waals surface area contributed by atoms with Gasteiger partial charge in [-0.05, 0) is 78.8 Å². The Bertz CT molecular complexity index is 1280. The predicted molar refractivity (Wildman–Crippen MR) is 126 cm³/mol. The van der Waals surface area contributed by atoms with Crippen molar-refractivity contribution < 1.29 is 18.3 Å². The average molecular weight is 484 g/mol. The van der Waals surface area contributed by atoms with E-state index in [1.54, 1.807) is 6.07 Å². The molecule has 1 aromatic carbocycles. The summed E-state index contributed by atoms with van der Waals surface area (Å²) in [6.07, 6.45) is 3.20. The van der Waals surface area contributed by atoms with Crippen molar-refractivity contribution in [1.82, 2.24) is 9.97 Å². The van der Waals surface area contributed by atoms with E-state index in [1.807, 2.05) is 25.1 Å². The number of nitrogens with zero attached hydrogens (tertiary/aromatic N) is 2. The molecule has 176 valence electrons. The van der Waals surface area contributed by atoms with Crippen molar-refractivity contribution in [3.8, 4) is 11.1 Å². The first-order valence-corrected chi connectivity index (χ1v) is 11.6. The van der Waals surface area contributed by atoms with Gasteiger partial charge >= 0.3 is 0 Å². The number of anilines is 1. The molecule has 2 unspecified atom stereocenters. The van der Waals surface area contributed by atoms with Gasteiger partial charge in [0.25, 0.3) is 11.8 Å². The van der Waals surface area contributed by atoms with Crippen molar-refractivity contribution in [2.24, 2.45) is 5.92 Å². The average Bonchev–Trinajstić information content (AvgIpc) is 3.56. The summed E-state index contributed by atoms with van der Waals surface area (Å²) >= 11 is 6.43. The van der Waals surface area contributed by atoms with Gasteiger partial charge in [0.1, 0.15) is 10.8 Å². The number of fused-ring (bicyclic) bond motifs is 1. The minimum absolute atomic E-state index is 0.0397. The molecule has 2 aliphatic rings. The van der Waals surface area contributed by atoms with Crippen LogP contribution in [0.25, 0.3) is 11.1 Å². The fraction of sp³-hybridized carbons (Fsp3) is 0.346. The SMILES string of the molecule is Cc1ccc(NC(=O)c2ccnc(C(C)(F)F)c2)cc1-c1cc(Cl)nc(C23CCOCC2C3)c1. The molecule has 34 heavy (non-hydrogen) atoms. The first-order chi connectivity index (χ1) is 16.2. The molecule has 0 radical (unpaired) electrons. The van der Waals surface area contributed by atoms with Crippen LogP contribution in [0.1, 0.15) is 47.1 Å². The highest BCUT2D eigenvalue weighted by Gasteiger charge is 2.57. The zero-order valence-corrected chi connectivity index (χ0v) is 19.6. The molecule has 2 fully saturated rings. The number of halogens is 3. The van der Waals surface area contributed by atoms with Crippen molar-refractivity contribution in [2.45, 2.75) is 38.0 Å². The summed E-state index contributed by atoms with van der Waals surface area (Å²) in [5, 5.41) is 3.23. The van der Waals surface area contributed by atoms with Gasteiger partial charge in [-0.15, -0.1) is 0 Å². The fourth-order valence-electron chi connectivity index (χ4n) is 4.76. The number of hydrogen-bond donors (Lipinski definition) is 1. The lowest BCUT2D eigenvalue weighted by atomic mass is 9.91. The molecule has 3 aromatic rings. The van der Waals surface area contributed by atoms with Crippen molar-refractivity contribution in [1.29, 1.82) is 0 Å². The molecule has 0 spiro atoms. The Labute approximate surface area is 201 Å². The van der Waals surface area contributed by atoms with Crippen LogP contribution >= 0.6 is 11.6 Å². The number of nitrogens with one attached hydrogen (secondary N) is 1. The minimum atomic E-state index is -3.13. The maximum atomic E-state index is 13.6. The number of aromatic nitrogens is 2. The van der Waals surface area contributed by atoms with Gasteiger partial charge in [0.05, 0.1) is 6.61 Å². The second-order valence-electron chi connectivity index (χ2n) is 9.25. The highest BCUT2D eigenvalue weighted by atomic mass is 35.5. The molecule has 5 nitrogen and oxygen atoms in total. The van der Waals surface area contributed by atoms with Crippen LogP contribution in [0.5, 0.6) is 0 Å². The number of pyridine rings is 2. The van der Waals surface area contributed by atoms with Crippen LogP contribution in [0, 0.1) is 12.8 Å². The van der Waals surface area contributed by atoms with Gasteiger partial charge in [-0.2, -0.15) is 8.78 Å². The normalized spacial score (nSPS) is 21.6. The Morgan fingerprint density at radius 3 is 2.82 bits per heavy atom. The zero-order chi connectivity index (χ0) is 24.1. The highest BCUT2D eigenvalue weighted by Crippen LogP contribution is 2.58. The minimum Gasteiger partial charge on any atom is -0.381 e. The number of ether oxygens (including phenoxy) is 1. The molecular formula is C26H24ClF2N3O2. The van der Waals surface area contributed by atoms with E-state index < -0.39 is 17.5 Å². The number of amides is 1. The summed E-state index contributed by atoms with van der Waals surface area (Å²) in [7, 11) is 0. The monoisotopic (exact) mass is 483 g/mol. The smallest absolute Gasteiger partial charge is 0.286 e. The summed E-state index contributed by atoms with van der Waals surface area (Å²) in [4.78, 5) is 21.1. The number of alkyl halides is 2. The number of rotatable bonds is 5. The van der Waals surface area contributed by atoms with Gasteiger partial charge in [0.15, 0.2) is 0 Å². The van der Waals surface area contributed by atoms with E-state index >= 15 is 0 Å². The molecule has 3 heterocycles. The Hall–Kier alpha value is -2.90. The summed E-state index contributed by atoms with van der Waals surface area (Å²) < 4.78 is 32.8. The van der Waals surface area contributed by atoms with Crippen LogP contribution in [0.3, 0.4) is 0 Å². The Morgan fingerprint density at radius 1 is 1.24 bits per heavy atom. The standard InChI is InChI=1S/C26H24ClF2N3O2/c1-15-3-4-19(31-24(33)16-5-7-30-21(9-16)25(2,28)29)12-20(15)17-10-22(32-23(27)11-17)26-6-8-34-14-18(26)13-26/h3-5,7,9-12,18H,6,8,13-14H2,1-2H3,(H,31,33). The van der Waals surface area contributed by atoms with Crippen LogP contribution in [0.15, 0.2) is 48.7 Å². The third kappa shape index (κ3) is 4.30. The second-order valence-corrected chi connectivity index (χ2v) is 9.64. The van der Waals surface area contributed by atoms with Crippen LogP contribution in [-0.4, -0.2) is 29.1 Å². The predicted octanol–water partition coefficient (Wildman–Crippen LogP) is 6.15. The number of carbonyl (C=O) groups is 1. The summed E-state index contributed by atoms with van der Waals surface area (Å²) in [5.41, 5.74) is 4.09. The van der Waals surface area contributed by atoms with Gasteiger partial charge in [0, 0.05) is 42.1 Å². The van der Waals surface area contributed by atoms with Crippen molar-refractivity contribution in [3.63, 3.8) is 0 Å². The summed E-state index contributed by atoms with van der Waals surface area (Å²) in [6, 6.07) is 12.0. The zero-order valence-electron chi connectivity index (χ0n) is 18.9. The molecule has 1 N–H and O–H groups in total. The van der Waals surface area contributed by atoms with Gasteiger partial charge in [-0.1, -0.05) is 17.7 Å². The number of aryl methyl sites for hydroxylation is 1. The first kappa shape index (κ1) is 22.9. The van der Waals surface area contributed by atoms with Crippen molar-refractivity contribution in [2.75, 3.05) is 18.5 Å². The van der Waals surface area contributed by atoms with Gasteiger partial charge in [-0.3, -0.25) is 9.78 Å². The molecule has 1 aliphatic heterocycles. The molecule has 2 atom stereocenters. The second kappa shape index (κ2) is 8.40. The van der Waals surface area contributed by atoms with E-state index in [4.69, 9.17) is 16.3 Å². The highest BCUT2D eigenvalue weighted by molar-refractivity contribution is 6.29. The Balaban J connectivity index is 1.44. The first-order valence-electron chi connectivity index (χ1n) is 11.2. The van der Waals surface area contributed by atoms with Crippen molar-refractivity contribution >= 4 is 23.2 Å². The number of hydrogen-bond acceptors (Lipinski definition) is 4. The molecule has 8 heteroatoms. The van der Waals surface area contributed by atoms with E-state index in [9.17, 15) is 13.6 Å². The maximum Gasteiger partial charge on any atom is 0.286 e. The third-order valence-electron chi connectivity index (χ3n) is 6.83. The number of carbonyl (C=O) groups excluding carboxylic acids is 1. The molecule has 1 aliphatic carbocycles. The molecule has 2 aromatic heterocycles. The number of benzene rings is 1. The van der Waals surface area contributed by atoms with Crippen LogP contribution in [0.2, 0.25) is 5.15 Å². The largest absolute Gasteiger partial charge is 0.381 e. The molecule has 1 saturated heterocycles. The van der Waals surface area contributed by atoms with Gasteiger partial charge < -0.3 is 10.1 Å². The molecule has 0 bridgehead atoms. The Kier molecular flexibility index (Phi) is 5.65. The van der Waals surface area contributed by atoms with Gasteiger partial charge in [-0.25, -0.2) is 4.98 Å². The van der Waals surface area contributed by atoms with E-state index in [1.165, 1.54) is 12.3 Å². The lowest BCUT2D eigenvalue weighted by Gasteiger charge is -2.23. The topological polar surface area (TPSA) is 64.1 Å². The van der Waals surface area contributed by atoms with E-state index in [2.05, 4.69) is 21.4 Å². The van der Waals surface area contributed by atoms with Crippen molar-refractivity contribution in [3.05, 3.63) is 76.3 Å². The van der Waals surface area contributed by atoms with Gasteiger partial charge in [0.2, 0.25) is 0 Å². The maximum absolute atomic E-state index is 13.6. The van der Waals surface area contributed by atoms with E-state index in [-0.39, 0.29) is 11.0 Å². The van der Waals surface area contributed by atoms with E-state index in [0.29, 0.717) is 16.8 Å². The summed E-state index contributed by atoms with van der Waals surface area (Å²) in [6.45, 7) is 4.22. The summed E-state index contributed by atoms with van der Waals surface area (Å²) in [5.74, 6) is -3.14. The molecule has 1 amide bonds. The quantitative estimate of drug-likeness (QED) is 0.442. The lowest BCUT2D eigenvalue weighted by molar-refractivity contribution is 0.0127. The van der Waals surface area contributed by atoms with Crippen LogP contribution in [0.4, 0.5) is 14.5 Å². The molecule has 1 saturated carbocycles. The van der Waals surface area contributed by atoms with E-state index in [0.717, 1.165) is 61.4 Å². The lowest BCUT2D eigenvalue weighted by Crippen LogP contribution is -2.22. The molecular weight excluding hydrogens is 460 g/mol.